The molecule has 0 bridgehead atoms. The van der Waals surface area contributed by atoms with E-state index in [-0.39, 0.29) is 12.3 Å². The smallest absolute Gasteiger partial charge is 0.269 e. The summed E-state index contributed by atoms with van der Waals surface area (Å²) in [6, 6.07) is 4.83. The van der Waals surface area contributed by atoms with Crippen molar-refractivity contribution in [3.63, 3.8) is 0 Å². The number of carbonyl (C=O) groups is 2. The van der Waals surface area contributed by atoms with Crippen LogP contribution in [0.5, 0.6) is 11.5 Å². The monoisotopic (exact) mass is 374 g/mol. The zero-order chi connectivity index (χ0) is 20.0. The number of carbonyl (C=O) groups excluding carboxylic acids is 2. The van der Waals surface area contributed by atoms with Crippen LogP contribution in [-0.4, -0.2) is 35.3 Å². The highest BCUT2D eigenvalue weighted by molar-refractivity contribution is 5.96. The predicted octanol–water partition coefficient (Wildman–Crippen LogP) is 1.84. The molecule has 0 spiro atoms. The number of nitrogens with zero attached hydrogens (tertiary/aromatic N) is 2. The molecule has 0 aliphatic carbocycles. The van der Waals surface area contributed by atoms with Crippen LogP contribution in [0.4, 0.5) is 0 Å². The van der Waals surface area contributed by atoms with E-state index in [9.17, 15) is 9.59 Å². The summed E-state index contributed by atoms with van der Waals surface area (Å²) in [6.45, 7) is 6.24. The standard InChI is InChI=1S/C19H26N4O4/c1-6-27-16-9-7-14(11-17(16)26-5)19(25)21-20-18(24)10-8-15-12(2)22-23(4)13(15)3/h7,9,11H,6,8,10H2,1-5H3,(H,20,24)(H,21,25). The lowest BCUT2D eigenvalue weighted by atomic mass is 10.1. The third-order valence-corrected chi connectivity index (χ3v) is 4.30. The van der Waals surface area contributed by atoms with E-state index in [2.05, 4.69) is 16.0 Å². The van der Waals surface area contributed by atoms with Crippen molar-refractivity contribution in [3.8, 4) is 11.5 Å². The summed E-state index contributed by atoms with van der Waals surface area (Å²) >= 11 is 0. The van der Waals surface area contributed by atoms with Gasteiger partial charge in [0.15, 0.2) is 11.5 Å². The Morgan fingerprint density at radius 2 is 1.93 bits per heavy atom. The number of aromatic nitrogens is 2. The zero-order valence-electron chi connectivity index (χ0n) is 16.4. The van der Waals surface area contributed by atoms with Gasteiger partial charge < -0.3 is 9.47 Å². The van der Waals surface area contributed by atoms with Gasteiger partial charge in [-0.1, -0.05) is 0 Å². The molecule has 0 aliphatic rings. The number of nitrogens with one attached hydrogen (secondary N) is 2. The van der Waals surface area contributed by atoms with Crippen LogP contribution in [-0.2, 0) is 18.3 Å². The Kier molecular flexibility index (Phi) is 6.81. The van der Waals surface area contributed by atoms with E-state index in [0.717, 1.165) is 17.0 Å². The molecule has 27 heavy (non-hydrogen) atoms. The van der Waals surface area contributed by atoms with Gasteiger partial charge in [-0.2, -0.15) is 5.10 Å². The number of hydrazine groups is 1. The molecule has 0 saturated heterocycles. The fraction of sp³-hybridized carbons (Fsp3) is 0.421. The second kappa shape index (κ2) is 9.07. The van der Waals surface area contributed by atoms with Gasteiger partial charge in [-0.05, 0) is 51.0 Å². The lowest BCUT2D eigenvalue weighted by Crippen LogP contribution is -2.41. The Morgan fingerprint density at radius 3 is 2.52 bits per heavy atom. The van der Waals surface area contributed by atoms with Gasteiger partial charge in [-0.15, -0.1) is 0 Å². The molecule has 146 valence electrons. The lowest BCUT2D eigenvalue weighted by Gasteiger charge is -2.11. The molecule has 0 unspecified atom stereocenters. The summed E-state index contributed by atoms with van der Waals surface area (Å²) in [5, 5.41) is 4.33. The van der Waals surface area contributed by atoms with Crippen LogP contribution in [0, 0.1) is 13.8 Å². The highest BCUT2D eigenvalue weighted by atomic mass is 16.5. The minimum atomic E-state index is -0.432. The summed E-state index contributed by atoms with van der Waals surface area (Å²) in [7, 11) is 3.38. The lowest BCUT2D eigenvalue weighted by molar-refractivity contribution is -0.121. The van der Waals surface area contributed by atoms with E-state index in [4.69, 9.17) is 9.47 Å². The molecule has 2 aromatic rings. The first-order chi connectivity index (χ1) is 12.9. The first kappa shape index (κ1) is 20.3. The Morgan fingerprint density at radius 1 is 1.19 bits per heavy atom. The van der Waals surface area contributed by atoms with Crippen LogP contribution in [0.1, 0.15) is 40.7 Å². The number of benzene rings is 1. The summed E-state index contributed by atoms with van der Waals surface area (Å²) < 4.78 is 12.4. The van der Waals surface area contributed by atoms with Crippen molar-refractivity contribution in [1.82, 2.24) is 20.6 Å². The molecular weight excluding hydrogens is 348 g/mol. The maximum atomic E-state index is 12.2. The molecule has 0 aliphatic heterocycles. The number of hydrogen-bond donors (Lipinski definition) is 2. The SMILES string of the molecule is CCOc1ccc(C(=O)NNC(=O)CCc2c(C)nn(C)c2C)cc1OC. The average Bonchev–Trinajstić information content (AvgIpc) is 2.90. The van der Waals surface area contributed by atoms with Crippen LogP contribution in [0.25, 0.3) is 0 Å². The molecule has 1 heterocycles. The van der Waals surface area contributed by atoms with Crippen molar-refractivity contribution < 1.29 is 19.1 Å². The van der Waals surface area contributed by atoms with Crippen molar-refractivity contribution >= 4 is 11.8 Å². The Hall–Kier alpha value is -3.03. The first-order valence-corrected chi connectivity index (χ1v) is 8.76. The largest absolute Gasteiger partial charge is 0.493 e. The van der Waals surface area contributed by atoms with Crippen molar-refractivity contribution in [2.45, 2.75) is 33.6 Å². The number of ether oxygens (including phenoxy) is 2. The van der Waals surface area contributed by atoms with E-state index in [1.807, 2.05) is 27.8 Å². The van der Waals surface area contributed by atoms with Gasteiger partial charge in [0.05, 0.1) is 19.4 Å². The van der Waals surface area contributed by atoms with Gasteiger partial charge in [-0.25, -0.2) is 0 Å². The second-order valence-corrected chi connectivity index (χ2v) is 6.07. The molecule has 1 aromatic heterocycles. The van der Waals surface area contributed by atoms with E-state index in [0.29, 0.717) is 30.1 Å². The van der Waals surface area contributed by atoms with Crippen LogP contribution < -0.4 is 20.3 Å². The average molecular weight is 374 g/mol. The van der Waals surface area contributed by atoms with E-state index in [1.54, 1.807) is 22.9 Å². The van der Waals surface area contributed by atoms with Gasteiger partial charge in [0.2, 0.25) is 5.91 Å². The normalized spacial score (nSPS) is 10.4. The summed E-state index contributed by atoms with van der Waals surface area (Å²) in [5.74, 6) is 0.309. The zero-order valence-corrected chi connectivity index (χ0v) is 16.4. The van der Waals surface area contributed by atoms with Crippen molar-refractivity contribution in [1.29, 1.82) is 0 Å². The van der Waals surface area contributed by atoms with Gasteiger partial charge in [0, 0.05) is 24.7 Å². The Labute approximate surface area is 158 Å². The molecule has 8 heteroatoms. The van der Waals surface area contributed by atoms with Crippen LogP contribution >= 0.6 is 0 Å². The topological polar surface area (TPSA) is 94.5 Å². The molecular formula is C19H26N4O4. The van der Waals surface area contributed by atoms with Crippen molar-refractivity contribution in [2.24, 2.45) is 7.05 Å². The molecule has 0 radical (unpaired) electrons. The number of hydrogen-bond acceptors (Lipinski definition) is 5. The molecule has 0 saturated carbocycles. The second-order valence-electron chi connectivity index (χ2n) is 6.07. The maximum Gasteiger partial charge on any atom is 0.269 e. The summed E-state index contributed by atoms with van der Waals surface area (Å²) in [5.41, 5.74) is 8.20. The number of methoxy groups -OCH3 is 1. The first-order valence-electron chi connectivity index (χ1n) is 8.76. The Balaban J connectivity index is 1.90. The highest BCUT2D eigenvalue weighted by Gasteiger charge is 2.14. The van der Waals surface area contributed by atoms with Crippen LogP contribution in [0.2, 0.25) is 0 Å². The molecule has 1 aromatic carbocycles. The fourth-order valence-electron chi connectivity index (χ4n) is 2.76. The molecule has 0 fully saturated rings. The molecule has 2 rings (SSSR count). The molecule has 0 atom stereocenters. The van der Waals surface area contributed by atoms with Gasteiger partial charge >= 0.3 is 0 Å². The Bertz CT molecular complexity index is 829. The molecule has 2 N–H and O–H groups in total. The number of aryl methyl sites for hydroxylation is 2. The maximum absolute atomic E-state index is 12.2. The quantitative estimate of drug-likeness (QED) is 0.721. The van der Waals surface area contributed by atoms with E-state index >= 15 is 0 Å². The van der Waals surface area contributed by atoms with Gasteiger partial charge in [0.1, 0.15) is 0 Å². The minimum absolute atomic E-state index is 0.250. The fourth-order valence-corrected chi connectivity index (χ4v) is 2.76. The van der Waals surface area contributed by atoms with Crippen molar-refractivity contribution in [3.05, 3.63) is 40.7 Å². The van der Waals surface area contributed by atoms with E-state index in [1.165, 1.54) is 7.11 Å². The van der Waals surface area contributed by atoms with Crippen molar-refractivity contribution in [2.75, 3.05) is 13.7 Å². The van der Waals surface area contributed by atoms with Crippen LogP contribution in [0.3, 0.4) is 0 Å². The summed E-state index contributed by atoms with van der Waals surface area (Å²) in [6.07, 6.45) is 0.810. The summed E-state index contributed by atoms with van der Waals surface area (Å²) in [4.78, 5) is 24.3. The highest BCUT2D eigenvalue weighted by Crippen LogP contribution is 2.27. The molecule has 8 nitrogen and oxygen atoms in total. The molecule has 2 amide bonds. The number of rotatable bonds is 7. The van der Waals surface area contributed by atoms with E-state index < -0.39 is 5.91 Å². The third kappa shape index (κ3) is 4.99. The third-order valence-electron chi connectivity index (χ3n) is 4.30. The van der Waals surface area contributed by atoms with Gasteiger partial charge in [0.25, 0.3) is 5.91 Å². The van der Waals surface area contributed by atoms with Gasteiger partial charge in [-0.3, -0.25) is 25.1 Å². The minimum Gasteiger partial charge on any atom is -0.493 e. The van der Waals surface area contributed by atoms with Crippen LogP contribution in [0.15, 0.2) is 18.2 Å². The number of amides is 2. The predicted molar refractivity (Wildman–Crippen MR) is 101 cm³/mol.